The van der Waals surface area contributed by atoms with Gasteiger partial charge in [-0.2, -0.15) is 0 Å². The highest BCUT2D eigenvalue weighted by molar-refractivity contribution is 8.45. The van der Waals surface area contributed by atoms with E-state index in [9.17, 15) is 24.5 Å². The number of esters is 1. The van der Waals surface area contributed by atoms with Crippen molar-refractivity contribution < 1.29 is 52.5 Å². The smallest absolute Gasteiger partial charge is 0.340 e. The first-order valence-electron chi connectivity index (χ1n) is 17.5. The topological polar surface area (TPSA) is 198 Å². The number of ether oxygens (including phenoxy) is 4. The van der Waals surface area contributed by atoms with E-state index in [1.807, 2.05) is 0 Å². The molecule has 1 spiro atoms. The van der Waals surface area contributed by atoms with Crippen molar-refractivity contribution in [1.82, 2.24) is 15.5 Å². The van der Waals surface area contributed by atoms with Crippen LogP contribution >= 0.6 is 37.8 Å². The van der Waals surface area contributed by atoms with Gasteiger partial charge < -0.3 is 53.7 Å². The molecular weight excluding hydrogens is 820 g/mol. The van der Waals surface area contributed by atoms with Gasteiger partial charge in [0.25, 0.3) is 6.64 Å². The molecule has 4 aliphatic rings. The summed E-state index contributed by atoms with van der Waals surface area (Å²) >= 11 is 15.1. The van der Waals surface area contributed by atoms with E-state index in [1.54, 1.807) is 44.2 Å². The SMILES string of the molecule is [B]C1CC(NC(=S)Nc2ccc3c(c2)C(=O)OC32c3ccc(O)cc3Oc3cc(O)ccc32)C(COP(O)(=S)NC2CC([B])OC2COP(=O)(S)NC(C)C)O1. The van der Waals surface area contributed by atoms with Crippen LogP contribution in [0, 0.1) is 0 Å². The van der Waals surface area contributed by atoms with Gasteiger partial charge in [0.1, 0.15) is 44.8 Å². The number of phenols is 2. The molecule has 0 aromatic heterocycles. The summed E-state index contributed by atoms with van der Waals surface area (Å²) in [5, 5.41) is 32.5. The summed E-state index contributed by atoms with van der Waals surface area (Å²) < 4.78 is 47.6. The molecule has 56 heavy (non-hydrogen) atoms. The molecule has 8 atom stereocenters. The van der Waals surface area contributed by atoms with E-state index in [2.05, 4.69) is 33.1 Å². The monoisotopic (exact) mass is 858 g/mol. The van der Waals surface area contributed by atoms with Gasteiger partial charge in [-0.05, 0) is 87.1 Å². The summed E-state index contributed by atoms with van der Waals surface area (Å²) in [6.45, 7) is -3.71. The number of phenolic OH excluding ortho intramolecular Hbond substituents is 2. The lowest BCUT2D eigenvalue weighted by atomic mass is 9.77. The fourth-order valence-electron chi connectivity index (χ4n) is 7.23. The van der Waals surface area contributed by atoms with E-state index < -0.39 is 61.2 Å². The third kappa shape index (κ3) is 8.82. The molecule has 4 heterocycles. The standard InChI is InChI=1S/C34H38B2N4O11P2S3/c1-16(2)39-52(44,55)46-15-29-25(13-31(36)50-29)40-53(45,56)47-14-28-24(12-30(35)49-28)38-33(54)37-17-3-6-21-20(9-17)32(43)51-34(21)22-7-4-18(41)10-26(22)48-27-11-19(42)5-8-23(27)34/h3-11,16,24-25,28-31,41-42H,12-15H2,1-2H3,(H2,37,38,54)(H2,39,44,55)(H2,40,45,56). The van der Waals surface area contributed by atoms with E-state index in [1.165, 1.54) is 24.3 Å². The van der Waals surface area contributed by atoms with Gasteiger partial charge in [-0.1, -0.05) is 18.3 Å². The van der Waals surface area contributed by atoms with Gasteiger partial charge in [0, 0.05) is 58.6 Å². The zero-order chi connectivity index (χ0) is 40.2. The van der Waals surface area contributed by atoms with Gasteiger partial charge >= 0.3 is 12.7 Å². The molecule has 2 fully saturated rings. The third-order valence-corrected chi connectivity index (χ3v) is 13.5. The molecule has 0 amide bonds. The predicted octanol–water partition coefficient (Wildman–Crippen LogP) is 4.13. The molecule has 0 bridgehead atoms. The molecule has 294 valence electrons. The number of thiocarbonyl (C=S) groups is 1. The highest BCUT2D eigenvalue weighted by Gasteiger charge is 2.54. The first kappa shape index (κ1) is 41.5. The number of aromatic hydroxyl groups is 2. The van der Waals surface area contributed by atoms with Crippen LogP contribution < -0.4 is 25.5 Å². The van der Waals surface area contributed by atoms with Crippen molar-refractivity contribution in [1.29, 1.82) is 0 Å². The minimum atomic E-state index is -3.64. The van der Waals surface area contributed by atoms with E-state index in [0.29, 0.717) is 28.8 Å². The maximum Gasteiger partial charge on any atom is 0.340 e. The Balaban J connectivity index is 0.998. The summed E-state index contributed by atoms with van der Waals surface area (Å²) in [7, 11) is 12.1. The van der Waals surface area contributed by atoms with Gasteiger partial charge in [-0.3, -0.25) is 4.57 Å². The Morgan fingerprint density at radius 1 is 0.946 bits per heavy atom. The van der Waals surface area contributed by atoms with Crippen LogP contribution in [-0.4, -0.2) is 97.4 Å². The van der Waals surface area contributed by atoms with Gasteiger partial charge in [0.15, 0.2) is 10.7 Å². The molecule has 7 N–H and O–H groups in total. The van der Waals surface area contributed by atoms with E-state index in [-0.39, 0.29) is 59.4 Å². The fraction of sp³-hybridized carbons (Fsp3) is 0.412. The number of rotatable bonds is 12. The number of fused-ring (bicyclic) bond motifs is 6. The molecule has 0 aliphatic carbocycles. The molecule has 0 saturated carbocycles. The highest BCUT2D eigenvalue weighted by atomic mass is 32.7. The average Bonchev–Trinajstić information content (AvgIpc) is 3.73. The number of carbonyl (C=O) groups excluding carboxylic acids is 1. The third-order valence-electron chi connectivity index (χ3n) is 9.49. The van der Waals surface area contributed by atoms with Crippen molar-refractivity contribution >= 4 is 82.1 Å². The Labute approximate surface area is 341 Å². The van der Waals surface area contributed by atoms with Crippen molar-refractivity contribution in [3.05, 3.63) is 76.9 Å². The number of hydrogen-bond acceptors (Lipinski definition) is 12. The largest absolute Gasteiger partial charge is 0.508 e. The predicted molar refractivity (Wildman–Crippen MR) is 219 cm³/mol. The molecule has 15 nitrogen and oxygen atoms in total. The Bertz CT molecular complexity index is 2090. The van der Waals surface area contributed by atoms with Crippen LogP contribution in [0.4, 0.5) is 5.69 Å². The second-order valence-corrected chi connectivity index (χ2v) is 20.6. The fourth-order valence-corrected chi connectivity index (χ4v) is 11.2. The van der Waals surface area contributed by atoms with Crippen LogP contribution in [0.2, 0.25) is 0 Å². The molecule has 4 radical (unpaired) electrons. The average molecular weight is 858 g/mol. The number of carbonyl (C=O) groups is 1. The van der Waals surface area contributed by atoms with Crippen LogP contribution in [0.1, 0.15) is 53.7 Å². The zero-order valence-corrected chi connectivity index (χ0v) is 34.3. The highest BCUT2D eigenvalue weighted by Crippen LogP contribution is 2.57. The molecule has 8 unspecified atom stereocenters. The minimum Gasteiger partial charge on any atom is -0.508 e. The lowest BCUT2D eigenvalue weighted by Gasteiger charge is -2.36. The Hall–Kier alpha value is -2.70. The Morgan fingerprint density at radius 3 is 2.14 bits per heavy atom. The van der Waals surface area contributed by atoms with Gasteiger partial charge in [-0.25, -0.2) is 15.0 Å². The number of benzene rings is 3. The number of anilines is 1. The van der Waals surface area contributed by atoms with Crippen LogP contribution in [0.5, 0.6) is 23.0 Å². The quantitative estimate of drug-likeness (QED) is 0.0425. The molecule has 4 aliphatic heterocycles. The summed E-state index contributed by atoms with van der Waals surface area (Å²) in [6, 6.07) is 11.7. The summed E-state index contributed by atoms with van der Waals surface area (Å²) in [5.41, 5.74) is 0.879. The molecular formula is C34H38B2N4O11P2S3. The van der Waals surface area contributed by atoms with Gasteiger partial charge in [0.2, 0.25) is 0 Å². The lowest BCUT2D eigenvalue weighted by molar-refractivity contribution is 0.0224. The maximum absolute atomic E-state index is 13.5. The Morgan fingerprint density at radius 2 is 1.52 bits per heavy atom. The second kappa shape index (κ2) is 16.2. The minimum absolute atomic E-state index is 0.0453. The Kier molecular flexibility index (Phi) is 12.0. The molecule has 7 rings (SSSR count). The van der Waals surface area contributed by atoms with E-state index >= 15 is 0 Å². The normalized spacial score (nSPS) is 26.7. The molecule has 22 heteroatoms. The van der Waals surface area contributed by atoms with E-state index in [4.69, 9.17) is 67.7 Å². The van der Waals surface area contributed by atoms with Gasteiger partial charge in [0.05, 0.1) is 30.9 Å². The van der Waals surface area contributed by atoms with Gasteiger partial charge in [-0.15, -0.1) is 0 Å². The van der Waals surface area contributed by atoms with Crippen molar-refractivity contribution in [2.45, 2.75) is 74.6 Å². The summed E-state index contributed by atoms with van der Waals surface area (Å²) in [4.78, 5) is 24.6. The lowest BCUT2D eigenvalue weighted by Crippen LogP contribution is -2.44. The van der Waals surface area contributed by atoms with Crippen molar-refractivity contribution in [3.63, 3.8) is 0 Å². The van der Waals surface area contributed by atoms with Crippen molar-refractivity contribution in [2.75, 3.05) is 18.5 Å². The van der Waals surface area contributed by atoms with Crippen LogP contribution in [-0.2, 0) is 45.2 Å². The second-order valence-electron chi connectivity index (χ2n) is 14.0. The number of thiol groups is 1. The first-order valence-corrected chi connectivity index (χ1v) is 23.4. The van der Waals surface area contributed by atoms with Crippen molar-refractivity contribution in [3.8, 4) is 23.0 Å². The molecule has 2 saturated heterocycles. The van der Waals surface area contributed by atoms with E-state index in [0.717, 1.165) is 0 Å². The molecule has 3 aromatic carbocycles. The molecule has 3 aromatic rings. The van der Waals surface area contributed by atoms with Crippen LogP contribution in [0.25, 0.3) is 0 Å². The summed E-state index contributed by atoms with van der Waals surface area (Å²) in [6.07, 6.45) is -0.723. The first-order chi connectivity index (χ1) is 26.4. The maximum atomic E-state index is 13.5. The zero-order valence-electron chi connectivity index (χ0n) is 30.0. The van der Waals surface area contributed by atoms with Crippen LogP contribution in [0.15, 0.2) is 54.6 Å². The van der Waals surface area contributed by atoms with Crippen LogP contribution in [0.3, 0.4) is 0 Å². The summed E-state index contributed by atoms with van der Waals surface area (Å²) in [5.74, 6) is -0.150. The number of nitrogens with one attached hydrogen (secondary N) is 4. The van der Waals surface area contributed by atoms with Crippen molar-refractivity contribution in [2.24, 2.45) is 0 Å². The number of hydrogen-bond donors (Lipinski definition) is 8.